The molecule has 0 saturated carbocycles. The second-order valence-corrected chi connectivity index (χ2v) is 4.48. The van der Waals surface area contributed by atoms with Gasteiger partial charge in [-0.15, -0.1) is 0 Å². The minimum Gasteiger partial charge on any atom is -0.492 e. The molecular formula is C15H14FN3O3. The molecule has 0 saturated heterocycles. The Kier molecular flexibility index (Phi) is 4.73. The SMILES string of the molecule is CCn1cc(C#N)c(=O)n(CCOc2ccc(F)cc2)c1=O. The molecule has 0 bridgehead atoms. The van der Waals surface area contributed by atoms with E-state index in [1.165, 1.54) is 35.0 Å². The Labute approximate surface area is 125 Å². The van der Waals surface area contributed by atoms with Gasteiger partial charge < -0.3 is 4.74 Å². The molecule has 0 unspecified atom stereocenters. The lowest BCUT2D eigenvalue weighted by Crippen LogP contribution is -2.41. The first-order chi connectivity index (χ1) is 10.6. The number of benzene rings is 1. The quantitative estimate of drug-likeness (QED) is 0.829. The van der Waals surface area contributed by atoms with Crippen molar-refractivity contribution in [1.82, 2.24) is 9.13 Å². The van der Waals surface area contributed by atoms with Crippen molar-refractivity contribution in [3.05, 3.63) is 62.7 Å². The molecule has 0 aliphatic carbocycles. The summed E-state index contributed by atoms with van der Waals surface area (Å²) in [6, 6.07) is 7.19. The van der Waals surface area contributed by atoms with Crippen molar-refractivity contribution >= 4 is 0 Å². The van der Waals surface area contributed by atoms with E-state index in [1.807, 2.05) is 0 Å². The molecule has 114 valence electrons. The second-order valence-electron chi connectivity index (χ2n) is 4.48. The van der Waals surface area contributed by atoms with Crippen LogP contribution in [0.15, 0.2) is 40.1 Å². The summed E-state index contributed by atoms with van der Waals surface area (Å²) in [5, 5.41) is 8.94. The van der Waals surface area contributed by atoms with E-state index >= 15 is 0 Å². The zero-order valence-corrected chi connectivity index (χ0v) is 12.0. The summed E-state index contributed by atoms with van der Waals surface area (Å²) >= 11 is 0. The molecule has 0 amide bonds. The van der Waals surface area contributed by atoms with Crippen molar-refractivity contribution in [3.8, 4) is 11.8 Å². The molecule has 0 atom stereocenters. The van der Waals surface area contributed by atoms with Gasteiger partial charge in [0, 0.05) is 12.7 Å². The highest BCUT2D eigenvalue weighted by Gasteiger charge is 2.10. The largest absolute Gasteiger partial charge is 0.492 e. The lowest BCUT2D eigenvalue weighted by Gasteiger charge is -2.10. The third-order valence-electron chi connectivity index (χ3n) is 3.10. The monoisotopic (exact) mass is 303 g/mol. The molecule has 0 aliphatic heterocycles. The van der Waals surface area contributed by atoms with Crippen LogP contribution in [-0.2, 0) is 13.1 Å². The normalized spacial score (nSPS) is 10.2. The summed E-state index contributed by atoms with van der Waals surface area (Å²) < 4.78 is 20.4. The minimum atomic E-state index is -0.639. The predicted molar refractivity (Wildman–Crippen MR) is 77.2 cm³/mol. The zero-order chi connectivity index (χ0) is 16.1. The number of nitriles is 1. The van der Waals surface area contributed by atoms with Crippen LogP contribution in [0.3, 0.4) is 0 Å². The highest BCUT2D eigenvalue weighted by Crippen LogP contribution is 2.10. The van der Waals surface area contributed by atoms with Gasteiger partial charge in [0.25, 0.3) is 5.56 Å². The van der Waals surface area contributed by atoms with Gasteiger partial charge in [-0.2, -0.15) is 5.26 Å². The predicted octanol–water partition coefficient (Wildman–Crippen LogP) is 1.12. The molecule has 1 aromatic heterocycles. The van der Waals surface area contributed by atoms with Crippen LogP contribution in [0.25, 0.3) is 0 Å². The van der Waals surface area contributed by atoms with Crippen molar-refractivity contribution in [2.24, 2.45) is 0 Å². The number of hydrogen-bond acceptors (Lipinski definition) is 4. The summed E-state index contributed by atoms with van der Waals surface area (Å²) in [5.41, 5.74) is -1.22. The number of nitrogens with zero attached hydrogens (tertiary/aromatic N) is 3. The fourth-order valence-electron chi connectivity index (χ4n) is 1.94. The second kappa shape index (κ2) is 6.72. The summed E-state index contributed by atoms with van der Waals surface area (Å²) in [6.45, 7) is 2.16. The molecule has 0 aliphatic rings. The van der Waals surface area contributed by atoms with Crippen molar-refractivity contribution in [3.63, 3.8) is 0 Å². The van der Waals surface area contributed by atoms with Gasteiger partial charge in [0.2, 0.25) is 0 Å². The van der Waals surface area contributed by atoms with E-state index in [9.17, 15) is 14.0 Å². The minimum absolute atomic E-state index is 0.00453. The van der Waals surface area contributed by atoms with Gasteiger partial charge in [0.1, 0.15) is 29.8 Å². The van der Waals surface area contributed by atoms with Gasteiger partial charge >= 0.3 is 5.69 Å². The molecule has 2 rings (SSSR count). The molecule has 0 N–H and O–H groups in total. The maximum Gasteiger partial charge on any atom is 0.331 e. The van der Waals surface area contributed by atoms with E-state index in [2.05, 4.69) is 0 Å². The highest BCUT2D eigenvalue weighted by molar-refractivity contribution is 5.23. The van der Waals surface area contributed by atoms with Crippen LogP contribution < -0.4 is 16.0 Å². The number of aryl methyl sites for hydroxylation is 1. The lowest BCUT2D eigenvalue weighted by molar-refractivity contribution is 0.291. The summed E-state index contributed by atoms with van der Waals surface area (Å²) in [6.07, 6.45) is 1.25. The zero-order valence-electron chi connectivity index (χ0n) is 12.0. The maximum absolute atomic E-state index is 12.8. The fraction of sp³-hybridized carbons (Fsp3) is 0.267. The number of hydrogen-bond donors (Lipinski definition) is 0. The van der Waals surface area contributed by atoms with E-state index in [0.29, 0.717) is 12.3 Å². The van der Waals surface area contributed by atoms with Crippen molar-refractivity contribution in [2.75, 3.05) is 6.61 Å². The van der Waals surface area contributed by atoms with E-state index < -0.39 is 11.2 Å². The smallest absolute Gasteiger partial charge is 0.331 e. The standard InChI is InChI=1S/C15H14FN3O3/c1-2-18-10-11(9-17)14(20)19(15(18)21)7-8-22-13-5-3-12(16)4-6-13/h3-6,10H,2,7-8H2,1H3. The van der Waals surface area contributed by atoms with E-state index in [4.69, 9.17) is 10.00 Å². The summed E-state index contributed by atoms with van der Waals surface area (Å²) in [7, 11) is 0. The Balaban J connectivity index is 2.19. The average molecular weight is 303 g/mol. The van der Waals surface area contributed by atoms with Gasteiger partial charge in [-0.05, 0) is 31.2 Å². The number of halogens is 1. The third kappa shape index (κ3) is 3.23. The first-order valence-corrected chi connectivity index (χ1v) is 6.69. The Morgan fingerprint density at radius 3 is 2.55 bits per heavy atom. The molecule has 0 spiro atoms. The van der Waals surface area contributed by atoms with Crippen LogP contribution >= 0.6 is 0 Å². The summed E-state index contributed by atoms with van der Waals surface area (Å²) in [5.74, 6) is 0.0535. The topological polar surface area (TPSA) is 77.0 Å². The van der Waals surface area contributed by atoms with E-state index in [-0.39, 0.29) is 24.5 Å². The third-order valence-corrected chi connectivity index (χ3v) is 3.10. The molecular weight excluding hydrogens is 289 g/mol. The number of ether oxygens (including phenoxy) is 1. The van der Waals surface area contributed by atoms with E-state index in [1.54, 1.807) is 13.0 Å². The van der Waals surface area contributed by atoms with Gasteiger partial charge in [0.05, 0.1) is 6.54 Å². The fourth-order valence-corrected chi connectivity index (χ4v) is 1.94. The Bertz CT molecular complexity index is 816. The van der Waals surface area contributed by atoms with Crippen LogP contribution in [0.1, 0.15) is 12.5 Å². The summed E-state index contributed by atoms with van der Waals surface area (Å²) in [4.78, 5) is 24.1. The number of aromatic nitrogens is 2. The molecule has 0 fully saturated rings. The molecule has 1 aromatic carbocycles. The maximum atomic E-state index is 12.8. The van der Waals surface area contributed by atoms with Crippen LogP contribution in [0.2, 0.25) is 0 Å². The first kappa shape index (κ1) is 15.5. The van der Waals surface area contributed by atoms with Crippen LogP contribution in [0, 0.1) is 17.1 Å². The Morgan fingerprint density at radius 2 is 1.95 bits per heavy atom. The first-order valence-electron chi connectivity index (χ1n) is 6.69. The van der Waals surface area contributed by atoms with Gasteiger partial charge in [-0.25, -0.2) is 9.18 Å². The highest BCUT2D eigenvalue weighted by atomic mass is 19.1. The van der Waals surface area contributed by atoms with Crippen molar-refractivity contribution in [1.29, 1.82) is 5.26 Å². The Hall–Kier alpha value is -2.88. The molecule has 7 heteroatoms. The van der Waals surface area contributed by atoms with Gasteiger partial charge in [0.15, 0.2) is 0 Å². The van der Waals surface area contributed by atoms with Gasteiger partial charge in [-0.1, -0.05) is 0 Å². The van der Waals surface area contributed by atoms with E-state index in [0.717, 1.165) is 4.57 Å². The average Bonchev–Trinajstić information content (AvgIpc) is 2.52. The van der Waals surface area contributed by atoms with Crippen LogP contribution in [-0.4, -0.2) is 15.7 Å². The Morgan fingerprint density at radius 1 is 1.27 bits per heavy atom. The molecule has 1 heterocycles. The number of rotatable bonds is 5. The molecule has 0 radical (unpaired) electrons. The van der Waals surface area contributed by atoms with Crippen molar-refractivity contribution < 1.29 is 9.13 Å². The molecule has 2 aromatic rings. The lowest BCUT2D eigenvalue weighted by atomic mass is 10.3. The molecule has 6 nitrogen and oxygen atoms in total. The van der Waals surface area contributed by atoms with Crippen molar-refractivity contribution in [2.45, 2.75) is 20.0 Å². The van der Waals surface area contributed by atoms with Crippen LogP contribution in [0.5, 0.6) is 5.75 Å². The van der Waals surface area contributed by atoms with Gasteiger partial charge in [-0.3, -0.25) is 13.9 Å². The molecule has 22 heavy (non-hydrogen) atoms. The van der Waals surface area contributed by atoms with Crippen LogP contribution in [0.4, 0.5) is 4.39 Å².